The standard InChI is InChI=1S/C34H43ClF2N8O4/c1-19-14-26(49-43-19)20-6-9-22(10-7-20)34(17-32(2,3)4)29(46)44(30(38)41-34)25(16-48-31(47)42-33(5)12-13-33)21-8-11-23(35)24(15-21)45-28(27(36)37)39-18-40-45/h8,11,14-15,18,20,22,25,27H,6-7,9-10,12-13,16-17H2,1-5H3,(H2,38,41)(H,42,47)/t20?,22?,25-,34-/m1/s1. The summed E-state index contributed by atoms with van der Waals surface area (Å²) in [5.74, 6) is 0.0198. The monoisotopic (exact) mass is 700 g/mol. The maximum Gasteiger partial charge on any atom is 0.407 e. The molecule has 1 aliphatic heterocycles. The molecule has 15 heteroatoms. The first-order valence-corrected chi connectivity index (χ1v) is 17.0. The number of hydrogen-bond acceptors (Lipinski definition) is 9. The van der Waals surface area contributed by atoms with Crippen molar-refractivity contribution in [2.24, 2.45) is 22.1 Å². The van der Waals surface area contributed by atoms with Gasteiger partial charge in [0.05, 0.1) is 22.4 Å². The van der Waals surface area contributed by atoms with Crippen molar-refractivity contribution in [2.75, 3.05) is 6.61 Å². The second-order valence-corrected chi connectivity index (χ2v) is 15.5. The first kappa shape index (κ1) is 34.8. The lowest BCUT2D eigenvalue weighted by Crippen LogP contribution is -2.52. The molecule has 2 fully saturated rings. The van der Waals surface area contributed by atoms with Crippen molar-refractivity contribution in [3.05, 3.63) is 58.5 Å². The Balaban J connectivity index is 1.35. The van der Waals surface area contributed by atoms with E-state index in [1.54, 1.807) is 6.07 Å². The Kier molecular flexibility index (Phi) is 9.22. The Morgan fingerprint density at radius 2 is 1.92 bits per heavy atom. The quantitative estimate of drug-likeness (QED) is 0.235. The molecule has 49 heavy (non-hydrogen) atoms. The summed E-state index contributed by atoms with van der Waals surface area (Å²) in [5.41, 5.74) is 6.27. The number of rotatable bonds is 10. The predicted molar refractivity (Wildman–Crippen MR) is 177 cm³/mol. The van der Waals surface area contributed by atoms with E-state index in [0.717, 1.165) is 48.1 Å². The molecule has 1 aromatic carbocycles. The molecule has 0 saturated heterocycles. The van der Waals surface area contributed by atoms with Gasteiger partial charge in [-0.15, -0.1) is 0 Å². The molecular weight excluding hydrogens is 658 g/mol. The molecule has 0 spiro atoms. The number of aromatic nitrogens is 4. The summed E-state index contributed by atoms with van der Waals surface area (Å²) in [4.78, 5) is 38.0. The number of guanidine groups is 1. The molecule has 2 saturated carbocycles. The van der Waals surface area contributed by atoms with Gasteiger partial charge in [-0.05, 0) is 87.8 Å². The Labute approximate surface area is 288 Å². The van der Waals surface area contributed by atoms with Gasteiger partial charge in [-0.2, -0.15) is 5.10 Å². The normalized spacial score (nSPS) is 24.2. The maximum absolute atomic E-state index is 15.0. The van der Waals surface area contributed by atoms with Crippen LogP contribution in [0.15, 0.2) is 40.1 Å². The molecule has 3 heterocycles. The van der Waals surface area contributed by atoms with Gasteiger partial charge in [0.2, 0.25) is 0 Å². The summed E-state index contributed by atoms with van der Waals surface area (Å²) < 4.78 is 39.9. The number of hydrogen-bond donors (Lipinski definition) is 2. The lowest BCUT2D eigenvalue weighted by molar-refractivity contribution is -0.137. The van der Waals surface area contributed by atoms with Crippen LogP contribution in [-0.4, -0.2) is 60.5 Å². The van der Waals surface area contributed by atoms with Crippen molar-refractivity contribution in [2.45, 2.75) is 109 Å². The highest BCUT2D eigenvalue weighted by atomic mass is 35.5. The molecule has 2 amide bonds. The highest BCUT2D eigenvalue weighted by Gasteiger charge is 2.56. The average Bonchev–Trinajstić information content (AvgIpc) is 3.35. The van der Waals surface area contributed by atoms with Crippen LogP contribution in [-0.2, 0) is 9.53 Å². The topological polar surface area (TPSA) is 154 Å². The lowest BCUT2D eigenvalue weighted by Gasteiger charge is -2.41. The van der Waals surface area contributed by atoms with Crippen molar-refractivity contribution in [1.82, 2.24) is 30.1 Å². The minimum Gasteiger partial charge on any atom is -0.447 e. The molecule has 12 nitrogen and oxygen atoms in total. The fourth-order valence-corrected chi connectivity index (χ4v) is 7.44. The summed E-state index contributed by atoms with van der Waals surface area (Å²) in [6, 6.07) is 5.70. The molecule has 3 aromatic rings. The van der Waals surface area contributed by atoms with Gasteiger partial charge >= 0.3 is 6.09 Å². The van der Waals surface area contributed by atoms with Crippen LogP contribution in [0.3, 0.4) is 0 Å². The Bertz CT molecular complexity index is 1740. The Morgan fingerprint density at radius 1 is 1.20 bits per heavy atom. The third-order valence-corrected chi connectivity index (χ3v) is 10.2. The van der Waals surface area contributed by atoms with Gasteiger partial charge in [0, 0.05) is 17.5 Å². The number of alkyl halides is 2. The number of alkyl carbamates (subject to hydrolysis) is 1. The molecular formula is C34H43ClF2N8O4. The van der Waals surface area contributed by atoms with Crippen LogP contribution in [0.2, 0.25) is 5.02 Å². The molecule has 0 bridgehead atoms. The van der Waals surface area contributed by atoms with E-state index in [4.69, 9.17) is 31.6 Å². The molecule has 0 unspecified atom stereocenters. The van der Waals surface area contributed by atoms with Gasteiger partial charge in [-0.25, -0.2) is 28.2 Å². The van der Waals surface area contributed by atoms with Crippen LogP contribution in [0.25, 0.3) is 5.69 Å². The molecule has 2 atom stereocenters. The summed E-state index contributed by atoms with van der Waals surface area (Å²) in [7, 11) is 0. The second kappa shape index (κ2) is 13.0. The number of aliphatic imine (C=N–C) groups is 1. The van der Waals surface area contributed by atoms with Gasteiger partial charge in [-0.1, -0.05) is 43.6 Å². The van der Waals surface area contributed by atoms with Crippen molar-refractivity contribution in [3.63, 3.8) is 0 Å². The van der Waals surface area contributed by atoms with E-state index in [2.05, 4.69) is 41.3 Å². The van der Waals surface area contributed by atoms with Crippen LogP contribution >= 0.6 is 11.6 Å². The summed E-state index contributed by atoms with van der Waals surface area (Å²) in [6.45, 7) is 9.72. The van der Waals surface area contributed by atoms with Crippen LogP contribution < -0.4 is 11.1 Å². The highest BCUT2D eigenvalue weighted by Crippen LogP contribution is 2.49. The van der Waals surface area contributed by atoms with E-state index in [1.807, 2.05) is 19.9 Å². The third-order valence-electron chi connectivity index (χ3n) is 9.84. The van der Waals surface area contributed by atoms with Crippen molar-refractivity contribution < 1.29 is 27.6 Å². The minimum atomic E-state index is -2.92. The van der Waals surface area contributed by atoms with Crippen LogP contribution in [0.1, 0.15) is 114 Å². The summed E-state index contributed by atoms with van der Waals surface area (Å²) >= 11 is 6.50. The van der Waals surface area contributed by atoms with E-state index >= 15 is 0 Å². The molecule has 0 radical (unpaired) electrons. The molecule has 2 aromatic heterocycles. The number of nitrogens with two attached hydrogens (primary N) is 1. The zero-order valence-corrected chi connectivity index (χ0v) is 29.1. The predicted octanol–water partition coefficient (Wildman–Crippen LogP) is 6.78. The molecule has 6 rings (SSSR count). The van der Waals surface area contributed by atoms with Crippen molar-refractivity contribution in [3.8, 4) is 5.69 Å². The summed E-state index contributed by atoms with van der Waals surface area (Å²) in [6.07, 6.45) is 2.57. The van der Waals surface area contributed by atoms with E-state index in [9.17, 15) is 18.4 Å². The number of nitrogens with one attached hydrogen (secondary N) is 1. The second-order valence-electron chi connectivity index (χ2n) is 15.1. The smallest absolute Gasteiger partial charge is 0.407 e. The lowest BCUT2D eigenvalue weighted by atomic mass is 9.66. The zero-order chi connectivity index (χ0) is 35.3. The van der Waals surface area contributed by atoms with Crippen molar-refractivity contribution >= 4 is 29.6 Å². The Hall–Kier alpha value is -4.07. The maximum atomic E-state index is 15.0. The molecule has 2 aliphatic carbocycles. The van der Waals surface area contributed by atoms with Crippen LogP contribution in [0.5, 0.6) is 0 Å². The third kappa shape index (κ3) is 7.15. The van der Waals surface area contributed by atoms with Crippen LogP contribution in [0, 0.1) is 18.3 Å². The number of carbonyl (C=O) groups excluding carboxylic acids is 2. The van der Waals surface area contributed by atoms with E-state index in [-0.39, 0.29) is 52.0 Å². The van der Waals surface area contributed by atoms with Gasteiger partial charge < -0.3 is 20.3 Å². The fraction of sp³-hybridized carbons (Fsp3) is 0.588. The highest BCUT2D eigenvalue weighted by molar-refractivity contribution is 6.32. The van der Waals surface area contributed by atoms with Gasteiger partial charge in [0.25, 0.3) is 12.3 Å². The summed E-state index contributed by atoms with van der Waals surface area (Å²) in [5, 5.41) is 11.0. The zero-order valence-electron chi connectivity index (χ0n) is 28.4. The fourth-order valence-electron chi connectivity index (χ4n) is 7.24. The number of benzene rings is 1. The minimum absolute atomic E-state index is 0.00378. The van der Waals surface area contributed by atoms with E-state index < -0.39 is 29.9 Å². The number of ether oxygens (including phenoxy) is 1. The van der Waals surface area contributed by atoms with Crippen LogP contribution in [0.4, 0.5) is 13.6 Å². The van der Waals surface area contributed by atoms with Gasteiger partial charge in [0.15, 0.2) is 11.8 Å². The number of carbonyl (C=O) groups is 2. The van der Waals surface area contributed by atoms with Gasteiger partial charge in [-0.3, -0.25) is 9.69 Å². The van der Waals surface area contributed by atoms with E-state index in [1.165, 1.54) is 17.0 Å². The average molecular weight is 701 g/mol. The number of aryl methyl sites for hydroxylation is 1. The number of nitrogens with zero attached hydrogens (tertiary/aromatic N) is 6. The largest absolute Gasteiger partial charge is 0.447 e. The SMILES string of the molecule is Cc1cc(C2CCC([C@@]3(CC(C)(C)C)N=C(N)N([C@H](COC(=O)NC4(C)CC4)c4ccc(Cl)c(-n5ncnc5C(F)F)c4)C3=O)CC2)on1. The Morgan fingerprint density at radius 3 is 2.53 bits per heavy atom. The number of halogens is 3. The molecule has 3 N–H and O–H groups in total. The van der Waals surface area contributed by atoms with Crippen molar-refractivity contribution in [1.29, 1.82) is 0 Å². The molecule has 3 aliphatic rings. The van der Waals surface area contributed by atoms with Gasteiger partial charge in [0.1, 0.15) is 24.2 Å². The van der Waals surface area contributed by atoms with E-state index in [0.29, 0.717) is 24.8 Å². The first-order valence-electron chi connectivity index (χ1n) is 16.6. The molecule has 264 valence electrons. The number of amides is 2. The first-order chi connectivity index (χ1) is 23.1.